The van der Waals surface area contributed by atoms with Crippen molar-refractivity contribution in [1.29, 1.82) is 0 Å². The zero-order chi connectivity index (χ0) is 13.0. The minimum absolute atomic E-state index is 0.200. The van der Waals surface area contributed by atoms with Crippen LogP contribution in [0.3, 0.4) is 0 Å². The van der Waals surface area contributed by atoms with Crippen LogP contribution >= 0.6 is 15.9 Å². The second-order valence-corrected chi connectivity index (χ2v) is 4.38. The number of rotatable bonds is 4. The van der Waals surface area contributed by atoms with Crippen LogP contribution in [0.15, 0.2) is 41.1 Å². The highest BCUT2D eigenvalue weighted by molar-refractivity contribution is 9.10. The highest BCUT2D eigenvalue weighted by Crippen LogP contribution is 2.26. The summed E-state index contributed by atoms with van der Waals surface area (Å²) >= 11 is 3.45. The fourth-order valence-electron chi connectivity index (χ4n) is 1.41. The Balaban J connectivity index is 2.17. The standard InChI is InChI=1S/C12H10BrN3O2/c13-10-4-2-1-3-9(10)8-5-14-12(15-6-8)16-7-11(17)18/h1-6H,7H2,(H,17,18)(H,14,15,16). The molecule has 0 bridgehead atoms. The summed E-state index contributed by atoms with van der Waals surface area (Å²) in [5, 5.41) is 11.1. The molecule has 0 aliphatic carbocycles. The Kier molecular flexibility index (Phi) is 3.88. The van der Waals surface area contributed by atoms with Gasteiger partial charge in [0.15, 0.2) is 0 Å². The second kappa shape index (κ2) is 5.59. The monoisotopic (exact) mass is 307 g/mol. The van der Waals surface area contributed by atoms with Gasteiger partial charge in [-0.3, -0.25) is 4.79 Å². The Morgan fingerprint density at radius 3 is 2.56 bits per heavy atom. The Bertz CT molecular complexity index is 558. The number of aliphatic carboxylic acids is 1. The van der Waals surface area contributed by atoms with E-state index in [1.807, 2.05) is 24.3 Å². The summed E-state index contributed by atoms with van der Waals surface area (Å²) < 4.78 is 0.958. The quantitative estimate of drug-likeness (QED) is 0.907. The van der Waals surface area contributed by atoms with Crippen molar-refractivity contribution < 1.29 is 9.90 Å². The van der Waals surface area contributed by atoms with Crippen molar-refractivity contribution in [2.45, 2.75) is 0 Å². The van der Waals surface area contributed by atoms with Crippen molar-refractivity contribution in [3.05, 3.63) is 41.1 Å². The van der Waals surface area contributed by atoms with Crippen molar-refractivity contribution in [2.75, 3.05) is 11.9 Å². The predicted octanol–water partition coefficient (Wildman–Crippen LogP) is 2.40. The van der Waals surface area contributed by atoms with Crippen LogP contribution in [0.1, 0.15) is 0 Å². The van der Waals surface area contributed by atoms with Gasteiger partial charge in [0.25, 0.3) is 0 Å². The molecule has 18 heavy (non-hydrogen) atoms. The minimum Gasteiger partial charge on any atom is -0.480 e. The van der Waals surface area contributed by atoms with Crippen molar-refractivity contribution in [3.8, 4) is 11.1 Å². The Hall–Kier alpha value is -1.95. The molecule has 0 atom stereocenters. The van der Waals surface area contributed by atoms with Crippen molar-refractivity contribution in [3.63, 3.8) is 0 Å². The van der Waals surface area contributed by atoms with E-state index in [9.17, 15) is 4.79 Å². The van der Waals surface area contributed by atoms with Gasteiger partial charge in [-0.1, -0.05) is 34.1 Å². The molecule has 0 fully saturated rings. The number of carboxylic acid groups (broad SMARTS) is 1. The van der Waals surface area contributed by atoms with Crippen LogP contribution in [0.25, 0.3) is 11.1 Å². The largest absolute Gasteiger partial charge is 0.480 e. The number of anilines is 1. The average Bonchev–Trinajstić information content (AvgIpc) is 2.38. The lowest BCUT2D eigenvalue weighted by molar-refractivity contribution is -0.134. The number of hydrogen-bond acceptors (Lipinski definition) is 4. The molecule has 0 saturated heterocycles. The molecule has 1 aromatic carbocycles. The molecule has 2 rings (SSSR count). The van der Waals surface area contributed by atoms with E-state index in [0.717, 1.165) is 15.6 Å². The molecule has 1 aromatic heterocycles. The summed E-state index contributed by atoms with van der Waals surface area (Å²) in [4.78, 5) is 18.5. The average molecular weight is 308 g/mol. The lowest BCUT2D eigenvalue weighted by Gasteiger charge is -2.05. The normalized spacial score (nSPS) is 10.1. The highest BCUT2D eigenvalue weighted by atomic mass is 79.9. The molecule has 2 N–H and O–H groups in total. The molecule has 1 heterocycles. The first kappa shape index (κ1) is 12.5. The Morgan fingerprint density at radius 2 is 1.94 bits per heavy atom. The van der Waals surface area contributed by atoms with Gasteiger partial charge in [-0.15, -0.1) is 0 Å². The molecule has 92 valence electrons. The maximum absolute atomic E-state index is 10.4. The van der Waals surface area contributed by atoms with Crippen LogP contribution in [0.5, 0.6) is 0 Å². The molecule has 0 amide bonds. The van der Waals surface area contributed by atoms with Gasteiger partial charge in [0, 0.05) is 22.4 Å². The molecule has 0 radical (unpaired) electrons. The van der Waals surface area contributed by atoms with Crippen LogP contribution < -0.4 is 5.32 Å². The lowest BCUT2D eigenvalue weighted by atomic mass is 10.1. The summed E-state index contributed by atoms with van der Waals surface area (Å²) in [5.74, 6) is -0.651. The third kappa shape index (κ3) is 3.04. The third-order valence-electron chi connectivity index (χ3n) is 2.23. The van der Waals surface area contributed by atoms with E-state index in [1.165, 1.54) is 0 Å². The zero-order valence-corrected chi connectivity index (χ0v) is 10.9. The summed E-state index contributed by atoms with van der Waals surface area (Å²) in [7, 11) is 0. The maximum Gasteiger partial charge on any atom is 0.322 e. The van der Waals surface area contributed by atoms with Gasteiger partial charge in [0.1, 0.15) is 6.54 Å². The number of benzene rings is 1. The van der Waals surface area contributed by atoms with Gasteiger partial charge >= 0.3 is 5.97 Å². The lowest BCUT2D eigenvalue weighted by Crippen LogP contribution is -2.14. The summed E-state index contributed by atoms with van der Waals surface area (Å²) in [5.41, 5.74) is 1.85. The van der Waals surface area contributed by atoms with E-state index >= 15 is 0 Å². The number of halogens is 1. The van der Waals surface area contributed by atoms with Crippen molar-refractivity contribution in [1.82, 2.24) is 9.97 Å². The highest BCUT2D eigenvalue weighted by Gasteiger charge is 2.04. The first-order valence-electron chi connectivity index (χ1n) is 5.19. The molecule has 6 heteroatoms. The molecular formula is C12H10BrN3O2. The first-order valence-corrected chi connectivity index (χ1v) is 5.99. The molecule has 0 unspecified atom stereocenters. The van der Waals surface area contributed by atoms with E-state index < -0.39 is 5.97 Å². The zero-order valence-electron chi connectivity index (χ0n) is 9.30. The van der Waals surface area contributed by atoms with Crippen LogP contribution in [0, 0.1) is 0 Å². The van der Waals surface area contributed by atoms with E-state index in [0.29, 0.717) is 5.95 Å². The van der Waals surface area contributed by atoms with Crippen LogP contribution in [0.4, 0.5) is 5.95 Å². The van der Waals surface area contributed by atoms with Crippen LogP contribution in [-0.4, -0.2) is 27.6 Å². The van der Waals surface area contributed by atoms with Gasteiger partial charge in [-0.25, -0.2) is 9.97 Å². The molecule has 0 aliphatic heterocycles. The number of carbonyl (C=O) groups is 1. The van der Waals surface area contributed by atoms with Gasteiger partial charge in [-0.05, 0) is 11.6 Å². The third-order valence-corrected chi connectivity index (χ3v) is 2.93. The first-order chi connectivity index (χ1) is 8.66. The Morgan fingerprint density at radius 1 is 1.28 bits per heavy atom. The summed E-state index contributed by atoms with van der Waals surface area (Å²) in [6.07, 6.45) is 3.30. The molecular weight excluding hydrogens is 298 g/mol. The predicted molar refractivity (Wildman–Crippen MR) is 71.3 cm³/mol. The SMILES string of the molecule is O=C(O)CNc1ncc(-c2ccccc2Br)cn1. The van der Waals surface area contributed by atoms with E-state index in [2.05, 4.69) is 31.2 Å². The topological polar surface area (TPSA) is 75.1 Å². The van der Waals surface area contributed by atoms with E-state index in [1.54, 1.807) is 12.4 Å². The van der Waals surface area contributed by atoms with Gasteiger partial charge in [0.05, 0.1) is 0 Å². The summed E-state index contributed by atoms with van der Waals surface area (Å²) in [6.45, 7) is -0.200. The fraction of sp³-hybridized carbons (Fsp3) is 0.0833. The fourth-order valence-corrected chi connectivity index (χ4v) is 1.92. The van der Waals surface area contributed by atoms with Gasteiger partial charge in [0.2, 0.25) is 5.95 Å². The molecule has 5 nitrogen and oxygen atoms in total. The summed E-state index contributed by atoms with van der Waals surface area (Å²) in [6, 6.07) is 7.74. The van der Waals surface area contributed by atoms with E-state index in [-0.39, 0.29) is 6.54 Å². The van der Waals surface area contributed by atoms with Gasteiger partial charge in [-0.2, -0.15) is 0 Å². The smallest absolute Gasteiger partial charge is 0.322 e. The van der Waals surface area contributed by atoms with Gasteiger partial charge < -0.3 is 10.4 Å². The van der Waals surface area contributed by atoms with E-state index in [4.69, 9.17) is 5.11 Å². The minimum atomic E-state index is -0.950. The van der Waals surface area contributed by atoms with Crippen LogP contribution in [-0.2, 0) is 4.79 Å². The second-order valence-electron chi connectivity index (χ2n) is 3.52. The van der Waals surface area contributed by atoms with Crippen molar-refractivity contribution >= 4 is 27.8 Å². The number of aromatic nitrogens is 2. The van der Waals surface area contributed by atoms with Crippen LogP contribution in [0.2, 0.25) is 0 Å². The number of nitrogens with one attached hydrogen (secondary N) is 1. The molecule has 2 aromatic rings. The number of hydrogen-bond donors (Lipinski definition) is 2. The number of carboxylic acids is 1. The maximum atomic E-state index is 10.4. The molecule has 0 spiro atoms. The Labute approximate surface area is 112 Å². The van der Waals surface area contributed by atoms with Crippen molar-refractivity contribution in [2.24, 2.45) is 0 Å². The molecule has 0 aliphatic rings. The number of nitrogens with zero attached hydrogens (tertiary/aromatic N) is 2. The molecule has 0 saturated carbocycles.